The Morgan fingerprint density at radius 2 is 2.33 bits per heavy atom. The van der Waals surface area contributed by atoms with Crippen molar-refractivity contribution in [1.29, 1.82) is 0 Å². The van der Waals surface area contributed by atoms with Gasteiger partial charge in [0.15, 0.2) is 0 Å². The lowest BCUT2D eigenvalue weighted by atomic mass is 10.1. The van der Waals surface area contributed by atoms with E-state index in [1.54, 1.807) is 12.3 Å². The molecule has 0 aromatic carbocycles. The Labute approximate surface area is 105 Å². The highest BCUT2D eigenvalue weighted by atomic mass is 16.5. The third kappa shape index (κ3) is 1.95. The molecule has 2 heterocycles. The van der Waals surface area contributed by atoms with Crippen LogP contribution in [0.3, 0.4) is 0 Å². The molecule has 18 heavy (non-hydrogen) atoms. The lowest BCUT2D eigenvalue weighted by molar-refractivity contribution is 0.0256. The first-order chi connectivity index (χ1) is 8.75. The van der Waals surface area contributed by atoms with Gasteiger partial charge in [0.25, 0.3) is 0 Å². The summed E-state index contributed by atoms with van der Waals surface area (Å²) in [5.41, 5.74) is 1.09. The smallest absolute Gasteiger partial charge is 0.354 e. The van der Waals surface area contributed by atoms with Crippen molar-refractivity contribution in [3.8, 4) is 0 Å². The second kappa shape index (κ2) is 4.57. The average Bonchev–Trinajstić information content (AvgIpc) is 2.87. The Morgan fingerprint density at radius 1 is 1.44 bits per heavy atom. The first-order valence-corrected chi connectivity index (χ1v) is 6.33. The fraction of sp³-hybridized carbons (Fsp3) is 0.538. The summed E-state index contributed by atoms with van der Waals surface area (Å²) < 4.78 is 5.76. The zero-order valence-corrected chi connectivity index (χ0v) is 10.1. The molecular weight excluding hydrogens is 232 g/mol. The van der Waals surface area contributed by atoms with Crippen LogP contribution in [0.1, 0.15) is 29.8 Å². The van der Waals surface area contributed by atoms with Gasteiger partial charge >= 0.3 is 5.97 Å². The van der Waals surface area contributed by atoms with E-state index in [0.717, 1.165) is 31.7 Å². The number of carboxylic acids is 1. The molecule has 0 spiro atoms. The number of hydrogen-bond acceptors (Lipinski definition) is 4. The number of morpholine rings is 1. The number of hydrogen-bond donors (Lipinski definition) is 1. The molecule has 1 N–H and O–H groups in total. The van der Waals surface area contributed by atoms with Crippen molar-refractivity contribution in [2.24, 2.45) is 0 Å². The number of aromatic nitrogens is 1. The van der Waals surface area contributed by atoms with Crippen LogP contribution in [0, 0.1) is 0 Å². The largest absolute Gasteiger partial charge is 0.477 e. The summed E-state index contributed by atoms with van der Waals surface area (Å²) in [6.07, 6.45) is 5.46. The van der Waals surface area contributed by atoms with Crippen LogP contribution in [-0.2, 0) is 4.74 Å². The zero-order chi connectivity index (χ0) is 12.5. The van der Waals surface area contributed by atoms with Crippen LogP contribution in [0.25, 0.3) is 0 Å². The van der Waals surface area contributed by atoms with Crippen molar-refractivity contribution in [1.82, 2.24) is 4.98 Å². The predicted octanol–water partition coefficient (Wildman–Crippen LogP) is 1.54. The van der Waals surface area contributed by atoms with E-state index in [0.29, 0.717) is 12.1 Å². The molecule has 1 aromatic rings. The van der Waals surface area contributed by atoms with Crippen LogP contribution in [0.4, 0.5) is 5.69 Å². The molecule has 3 rings (SSSR count). The highest BCUT2D eigenvalue weighted by Crippen LogP contribution is 2.32. The van der Waals surface area contributed by atoms with E-state index in [1.165, 1.54) is 6.42 Å². The number of anilines is 1. The predicted molar refractivity (Wildman–Crippen MR) is 65.9 cm³/mol. The van der Waals surface area contributed by atoms with Gasteiger partial charge in [0.05, 0.1) is 30.6 Å². The number of rotatable bonds is 2. The van der Waals surface area contributed by atoms with E-state index < -0.39 is 5.97 Å². The van der Waals surface area contributed by atoms with Gasteiger partial charge in [-0.05, 0) is 31.4 Å². The lowest BCUT2D eigenvalue weighted by Crippen LogP contribution is -2.48. The number of pyridine rings is 1. The molecule has 2 aliphatic rings. The number of ether oxygens (including phenoxy) is 1. The minimum Gasteiger partial charge on any atom is -0.477 e. The van der Waals surface area contributed by atoms with Crippen LogP contribution in [0.15, 0.2) is 18.3 Å². The third-order valence-electron chi connectivity index (χ3n) is 3.78. The summed E-state index contributed by atoms with van der Waals surface area (Å²) in [4.78, 5) is 17.1. The Morgan fingerprint density at radius 3 is 3.06 bits per heavy atom. The van der Waals surface area contributed by atoms with E-state index in [2.05, 4.69) is 9.88 Å². The van der Waals surface area contributed by atoms with Crippen LogP contribution in [-0.4, -0.2) is 41.4 Å². The van der Waals surface area contributed by atoms with E-state index >= 15 is 0 Å². The summed E-state index contributed by atoms with van der Waals surface area (Å²) in [5.74, 6) is -0.984. The summed E-state index contributed by atoms with van der Waals surface area (Å²) in [6.45, 7) is 1.59. The number of carboxylic acid groups (broad SMARTS) is 1. The van der Waals surface area contributed by atoms with Gasteiger partial charge in [-0.25, -0.2) is 9.78 Å². The van der Waals surface area contributed by atoms with Crippen molar-refractivity contribution in [3.05, 3.63) is 24.0 Å². The quantitative estimate of drug-likeness (QED) is 0.860. The molecule has 1 saturated carbocycles. The molecule has 1 aliphatic heterocycles. The molecule has 5 heteroatoms. The van der Waals surface area contributed by atoms with Gasteiger partial charge in [-0.3, -0.25) is 0 Å². The summed E-state index contributed by atoms with van der Waals surface area (Å²) in [7, 11) is 0. The lowest BCUT2D eigenvalue weighted by Gasteiger charge is -2.39. The second-order valence-electron chi connectivity index (χ2n) is 4.81. The number of nitrogens with zero attached hydrogens (tertiary/aromatic N) is 2. The molecule has 2 fully saturated rings. The van der Waals surface area contributed by atoms with E-state index in [-0.39, 0.29) is 5.69 Å². The van der Waals surface area contributed by atoms with Gasteiger partial charge in [0.1, 0.15) is 5.69 Å². The number of carbonyl (C=O) groups is 1. The van der Waals surface area contributed by atoms with Crippen LogP contribution in [0.2, 0.25) is 0 Å². The Kier molecular flexibility index (Phi) is 2.91. The molecule has 96 valence electrons. The first-order valence-electron chi connectivity index (χ1n) is 6.33. The first kappa shape index (κ1) is 11.5. The van der Waals surface area contributed by atoms with Gasteiger partial charge in [0, 0.05) is 6.54 Å². The Balaban J connectivity index is 1.82. The number of aromatic carboxylic acids is 1. The maximum Gasteiger partial charge on any atom is 0.354 e. The summed E-state index contributed by atoms with van der Waals surface area (Å²) in [5, 5.41) is 8.84. The minimum absolute atomic E-state index is 0.0926. The Bertz CT molecular complexity index is 446. The summed E-state index contributed by atoms with van der Waals surface area (Å²) in [6, 6.07) is 3.84. The molecule has 2 unspecified atom stereocenters. The molecule has 1 aliphatic carbocycles. The van der Waals surface area contributed by atoms with E-state index in [1.807, 2.05) is 6.07 Å². The van der Waals surface area contributed by atoms with Crippen molar-refractivity contribution in [2.45, 2.75) is 31.4 Å². The fourth-order valence-corrected chi connectivity index (χ4v) is 2.93. The van der Waals surface area contributed by atoms with Gasteiger partial charge in [-0.15, -0.1) is 0 Å². The minimum atomic E-state index is -0.984. The molecule has 0 amide bonds. The van der Waals surface area contributed by atoms with Gasteiger partial charge in [-0.2, -0.15) is 0 Å². The number of fused-ring (bicyclic) bond motifs is 1. The molecule has 1 saturated heterocycles. The maximum absolute atomic E-state index is 10.8. The van der Waals surface area contributed by atoms with E-state index in [4.69, 9.17) is 9.84 Å². The van der Waals surface area contributed by atoms with Crippen molar-refractivity contribution in [3.63, 3.8) is 0 Å². The normalized spacial score (nSPS) is 27.0. The zero-order valence-electron chi connectivity index (χ0n) is 10.1. The second-order valence-corrected chi connectivity index (χ2v) is 4.81. The van der Waals surface area contributed by atoms with Crippen LogP contribution >= 0.6 is 0 Å². The Hall–Kier alpha value is -1.62. The van der Waals surface area contributed by atoms with Crippen molar-refractivity contribution < 1.29 is 14.6 Å². The highest BCUT2D eigenvalue weighted by molar-refractivity contribution is 5.85. The van der Waals surface area contributed by atoms with Crippen molar-refractivity contribution >= 4 is 11.7 Å². The van der Waals surface area contributed by atoms with Gasteiger partial charge in [0.2, 0.25) is 0 Å². The van der Waals surface area contributed by atoms with Gasteiger partial charge in [-0.1, -0.05) is 0 Å². The molecular formula is C13H16N2O3. The van der Waals surface area contributed by atoms with Gasteiger partial charge < -0.3 is 14.7 Å². The monoisotopic (exact) mass is 248 g/mol. The topological polar surface area (TPSA) is 62.7 Å². The van der Waals surface area contributed by atoms with Crippen LogP contribution in [0.5, 0.6) is 0 Å². The maximum atomic E-state index is 10.8. The highest BCUT2D eigenvalue weighted by Gasteiger charge is 2.36. The molecule has 2 atom stereocenters. The molecule has 0 radical (unpaired) electrons. The summed E-state index contributed by atoms with van der Waals surface area (Å²) >= 11 is 0. The fourth-order valence-electron chi connectivity index (χ4n) is 2.93. The third-order valence-corrected chi connectivity index (χ3v) is 3.78. The molecule has 0 bridgehead atoms. The van der Waals surface area contributed by atoms with Crippen molar-refractivity contribution in [2.75, 3.05) is 18.1 Å². The van der Waals surface area contributed by atoms with E-state index in [9.17, 15) is 4.79 Å². The average molecular weight is 248 g/mol. The standard InChI is InChI=1S/C13H16N2O3/c16-13(17)10-5-4-9(8-14-10)15-6-7-18-12-3-1-2-11(12)15/h4-5,8,11-12H,1-3,6-7H2,(H,16,17). The molecule has 5 nitrogen and oxygen atoms in total. The SMILES string of the molecule is O=C(O)c1ccc(N2CCOC3CCCC32)cn1. The van der Waals surface area contributed by atoms with Crippen LogP contribution < -0.4 is 4.90 Å². The molecule has 1 aromatic heterocycles.